The van der Waals surface area contributed by atoms with Gasteiger partial charge in [0.25, 0.3) is 0 Å². The Bertz CT molecular complexity index is 37.1. The highest BCUT2D eigenvalue weighted by Crippen LogP contribution is 1.97. The number of hydrogen-bond donors (Lipinski definition) is 0. The molecule has 0 aromatic heterocycles. The van der Waals surface area contributed by atoms with Crippen LogP contribution in [0.5, 0.6) is 0 Å². The van der Waals surface area contributed by atoms with Gasteiger partial charge < -0.3 is 4.90 Å². The van der Waals surface area contributed by atoms with Gasteiger partial charge in [0, 0.05) is 5.88 Å². The van der Waals surface area contributed by atoms with Crippen molar-refractivity contribution in [1.29, 1.82) is 0 Å². The van der Waals surface area contributed by atoms with E-state index in [1.54, 1.807) is 0 Å². The number of hydrogen-bond acceptors (Lipinski definition) is 2. The van der Waals surface area contributed by atoms with Crippen LogP contribution >= 0.6 is 11.8 Å². The van der Waals surface area contributed by atoms with Crippen molar-refractivity contribution in [1.82, 2.24) is 4.90 Å². The summed E-state index contributed by atoms with van der Waals surface area (Å²) in [5.74, 6) is 2.37. The molecular formula is C5H13NS. The Morgan fingerprint density at radius 1 is 1.43 bits per heavy atom. The molecule has 0 saturated heterocycles. The van der Waals surface area contributed by atoms with E-state index in [0.717, 1.165) is 5.88 Å². The van der Waals surface area contributed by atoms with Crippen LogP contribution in [0.4, 0.5) is 0 Å². The zero-order valence-corrected chi connectivity index (χ0v) is 6.09. The molecule has 2 heteroatoms. The second-order valence-corrected chi connectivity index (χ2v) is 2.95. The van der Waals surface area contributed by atoms with Gasteiger partial charge in [-0.25, -0.2) is 0 Å². The molecule has 0 amide bonds. The number of thioether (sulfide) groups is 1. The molecule has 0 fully saturated rings. The SMILES string of the molecule is CCSCN(C)C. The molecule has 0 bridgehead atoms. The van der Waals surface area contributed by atoms with Gasteiger partial charge in [-0.3, -0.25) is 0 Å². The molecule has 0 aromatic carbocycles. The predicted octanol–water partition coefficient (Wildman–Crippen LogP) is 1.26. The highest BCUT2D eigenvalue weighted by molar-refractivity contribution is 7.99. The Hall–Kier alpha value is 0.310. The topological polar surface area (TPSA) is 3.24 Å². The summed E-state index contributed by atoms with van der Waals surface area (Å²) in [5, 5.41) is 0. The van der Waals surface area contributed by atoms with Crippen molar-refractivity contribution < 1.29 is 0 Å². The fraction of sp³-hybridized carbons (Fsp3) is 1.00. The smallest absolute Gasteiger partial charge is 0.0438 e. The maximum absolute atomic E-state index is 2.17. The van der Waals surface area contributed by atoms with Crippen LogP contribution in [0.2, 0.25) is 0 Å². The van der Waals surface area contributed by atoms with Crippen LogP contribution in [0.1, 0.15) is 6.92 Å². The van der Waals surface area contributed by atoms with Crippen molar-refractivity contribution in [2.75, 3.05) is 25.7 Å². The molecule has 0 rings (SSSR count). The molecule has 44 valence electrons. The maximum Gasteiger partial charge on any atom is 0.0438 e. The molecule has 0 saturated carbocycles. The van der Waals surface area contributed by atoms with Crippen LogP contribution < -0.4 is 0 Å². The quantitative estimate of drug-likeness (QED) is 0.514. The van der Waals surface area contributed by atoms with E-state index in [2.05, 4.69) is 25.9 Å². The van der Waals surface area contributed by atoms with Gasteiger partial charge in [0.05, 0.1) is 0 Å². The summed E-state index contributed by atoms with van der Waals surface area (Å²) in [4.78, 5) is 2.17. The molecule has 0 radical (unpaired) electrons. The van der Waals surface area contributed by atoms with Gasteiger partial charge in [-0.2, -0.15) is 0 Å². The molecule has 0 aliphatic rings. The lowest BCUT2D eigenvalue weighted by atomic mass is 11.0. The summed E-state index contributed by atoms with van der Waals surface area (Å²) >= 11 is 1.94. The van der Waals surface area contributed by atoms with Gasteiger partial charge in [-0.15, -0.1) is 11.8 Å². The number of nitrogens with zero attached hydrogens (tertiary/aromatic N) is 1. The first-order valence-electron chi connectivity index (χ1n) is 2.50. The standard InChI is InChI=1S/C5H13NS/c1-4-7-5-6(2)3/h4-5H2,1-3H3. The van der Waals surface area contributed by atoms with Crippen molar-refractivity contribution >= 4 is 11.8 Å². The third kappa shape index (κ3) is 6.31. The minimum Gasteiger partial charge on any atom is -0.300 e. The largest absolute Gasteiger partial charge is 0.300 e. The van der Waals surface area contributed by atoms with E-state index < -0.39 is 0 Å². The van der Waals surface area contributed by atoms with Crippen LogP contribution in [0.3, 0.4) is 0 Å². The van der Waals surface area contributed by atoms with E-state index in [1.807, 2.05) is 11.8 Å². The summed E-state index contributed by atoms with van der Waals surface area (Å²) in [6.07, 6.45) is 0. The molecule has 0 unspecified atom stereocenters. The summed E-state index contributed by atoms with van der Waals surface area (Å²) in [7, 11) is 4.17. The monoisotopic (exact) mass is 119 g/mol. The third-order valence-corrected chi connectivity index (χ3v) is 1.66. The average molecular weight is 119 g/mol. The van der Waals surface area contributed by atoms with Crippen molar-refractivity contribution in [3.05, 3.63) is 0 Å². The third-order valence-electron chi connectivity index (χ3n) is 0.554. The average Bonchev–Trinajstić information content (AvgIpc) is 1.61. The molecule has 0 N–H and O–H groups in total. The Morgan fingerprint density at radius 3 is 2.14 bits per heavy atom. The molecule has 0 heterocycles. The normalized spacial score (nSPS) is 10.3. The summed E-state index contributed by atoms with van der Waals surface area (Å²) < 4.78 is 0. The lowest BCUT2D eigenvalue weighted by molar-refractivity contribution is 0.485. The zero-order chi connectivity index (χ0) is 5.70. The van der Waals surface area contributed by atoms with E-state index in [0.29, 0.717) is 0 Å². The summed E-state index contributed by atoms with van der Waals surface area (Å²) in [6.45, 7) is 2.17. The predicted molar refractivity (Wildman–Crippen MR) is 36.7 cm³/mol. The van der Waals surface area contributed by atoms with E-state index in [9.17, 15) is 0 Å². The van der Waals surface area contributed by atoms with Gasteiger partial charge in [0.2, 0.25) is 0 Å². The molecular weight excluding hydrogens is 106 g/mol. The Balaban J connectivity index is 2.68. The molecule has 7 heavy (non-hydrogen) atoms. The van der Waals surface area contributed by atoms with Gasteiger partial charge in [-0.05, 0) is 19.8 Å². The first-order chi connectivity index (χ1) is 3.27. The lowest BCUT2D eigenvalue weighted by Crippen LogP contribution is -2.09. The van der Waals surface area contributed by atoms with Crippen molar-refractivity contribution in [3.8, 4) is 0 Å². The second kappa shape index (κ2) is 4.47. The fourth-order valence-corrected chi connectivity index (χ4v) is 0.822. The minimum absolute atomic E-state index is 1.15. The molecule has 0 aliphatic heterocycles. The highest BCUT2D eigenvalue weighted by Gasteiger charge is 1.83. The maximum atomic E-state index is 2.17. The first kappa shape index (κ1) is 7.31. The molecule has 0 aromatic rings. The Morgan fingerprint density at radius 2 is 2.00 bits per heavy atom. The van der Waals surface area contributed by atoms with Crippen LogP contribution in [0.25, 0.3) is 0 Å². The summed E-state index contributed by atoms with van der Waals surface area (Å²) in [6, 6.07) is 0. The van der Waals surface area contributed by atoms with Crippen molar-refractivity contribution in [2.24, 2.45) is 0 Å². The molecule has 1 nitrogen and oxygen atoms in total. The van der Waals surface area contributed by atoms with E-state index in [-0.39, 0.29) is 0 Å². The van der Waals surface area contributed by atoms with Crippen LogP contribution in [0, 0.1) is 0 Å². The van der Waals surface area contributed by atoms with Crippen molar-refractivity contribution in [2.45, 2.75) is 6.92 Å². The van der Waals surface area contributed by atoms with Crippen LogP contribution in [-0.4, -0.2) is 30.6 Å². The van der Waals surface area contributed by atoms with E-state index >= 15 is 0 Å². The molecule has 0 aliphatic carbocycles. The molecule has 0 atom stereocenters. The highest BCUT2D eigenvalue weighted by atomic mass is 32.2. The van der Waals surface area contributed by atoms with Gasteiger partial charge >= 0.3 is 0 Å². The second-order valence-electron chi connectivity index (χ2n) is 1.70. The van der Waals surface area contributed by atoms with E-state index in [4.69, 9.17) is 0 Å². The first-order valence-corrected chi connectivity index (χ1v) is 3.65. The zero-order valence-electron chi connectivity index (χ0n) is 5.27. The van der Waals surface area contributed by atoms with Gasteiger partial charge in [-0.1, -0.05) is 6.92 Å². The van der Waals surface area contributed by atoms with Crippen LogP contribution in [0.15, 0.2) is 0 Å². The van der Waals surface area contributed by atoms with Crippen molar-refractivity contribution in [3.63, 3.8) is 0 Å². The van der Waals surface area contributed by atoms with Gasteiger partial charge in [0.15, 0.2) is 0 Å². The minimum atomic E-state index is 1.15. The molecule has 0 spiro atoms. The summed E-state index contributed by atoms with van der Waals surface area (Å²) in [5.41, 5.74) is 0. The van der Waals surface area contributed by atoms with E-state index in [1.165, 1.54) is 5.75 Å². The fourth-order valence-electron chi connectivity index (χ4n) is 0.274. The lowest BCUT2D eigenvalue weighted by Gasteiger charge is -2.05. The van der Waals surface area contributed by atoms with Gasteiger partial charge in [0.1, 0.15) is 0 Å². The van der Waals surface area contributed by atoms with Crippen LogP contribution in [-0.2, 0) is 0 Å². The number of rotatable bonds is 3. The Kier molecular flexibility index (Phi) is 4.67. The Labute approximate surface area is 50.1 Å².